The van der Waals surface area contributed by atoms with Gasteiger partial charge in [0.15, 0.2) is 0 Å². The third-order valence-corrected chi connectivity index (χ3v) is 4.59. The van der Waals surface area contributed by atoms with Crippen molar-refractivity contribution in [3.05, 3.63) is 29.8 Å². The highest BCUT2D eigenvalue weighted by molar-refractivity contribution is 7.99. The lowest BCUT2D eigenvalue weighted by Crippen LogP contribution is -2.27. The predicted octanol–water partition coefficient (Wildman–Crippen LogP) is 3.89. The molecule has 98 valence electrons. The maximum absolute atomic E-state index is 12.2. The first-order chi connectivity index (χ1) is 8.68. The van der Waals surface area contributed by atoms with Gasteiger partial charge in [-0.1, -0.05) is 32.0 Å². The van der Waals surface area contributed by atoms with Gasteiger partial charge in [0.1, 0.15) is 0 Å². The van der Waals surface area contributed by atoms with Gasteiger partial charge in [0.25, 0.3) is 0 Å². The Morgan fingerprint density at radius 2 is 2.17 bits per heavy atom. The first-order valence-electron chi connectivity index (χ1n) is 6.66. The third-order valence-electron chi connectivity index (χ3n) is 3.37. The molecule has 1 heterocycles. The van der Waals surface area contributed by atoms with E-state index in [0.717, 1.165) is 24.3 Å². The van der Waals surface area contributed by atoms with Crippen molar-refractivity contribution in [1.29, 1.82) is 0 Å². The second-order valence-electron chi connectivity index (χ2n) is 5.15. The number of carbonyl (C=O) groups excluding carboxylic acids is 1. The largest absolute Gasteiger partial charge is 0.326 e. The number of para-hydroxylation sites is 1. The summed E-state index contributed by atoms with van der Waals surface area (Å²) in [6.07, 6.45) is 2.19. The zero-order chi connectivity index (χ0) is 13.0. The Kier molecular flexibility index (Phi) is 4.70. The summed E-state index contributed by atoms with van der Waals surface area (Å²) in [5, 5.41) is 3.11. The number of thioether (sulfide) groups is 1. The Morgan fingerprint density at radius 1 is 1.39 bits per heavy atom. The van der Waals surface area contributed by atoms with Crippen LogP contribution in [0.4, 0.5) is 5.69 Å². The summed E-state index contributed by atoms with van der Waals surface area (Å²) >= 11 is 1.89. The molecule has 1 amide bonds. The molecule has 1 atom stereocenters. The van der Waals surface area contributed by atoms with Crippen LogP contribution in [0.3, 0.4) is 0 Å². The van der Waals surface area contributed by atoms with Crippen molar-refractivity contribution in [2.75, 3.05) is 16.8 Å². The average molecular weight is 263 g/mol. The molecule has 1 aromatic rings. The Labute approximate surface area is 114 Å². The molecule has 0 radical (unpaired) electrons. The van der Waals surface area contributed by atoms with Gasteiger partial charge >= 0.3 is 0 Å². The van der Waals surface area contributed by atoms with Crippen LogP contribution in [-0.2, 0) is 4.79 Å². The Bertz CT molecular complexity index is 411. The number of carbonyl (C=O) groups is 1. The second kappa shape index (κ2) is 6.28. The summed E-state index contributed by atoms with van der Waals surface area (Å²) in [6.45, 7) is 4.31. The van der Waals surface area contributed by atoms with Crippen LogP contribution >= 0.6 is 11.8 Å². The molecule has 1 N–H and O–H groups in total. The van der Waals surface area contributed by atoms with Crippen LogP contribution in [0.15, 0.2) is 24.3 Å². The lowest BCUT2D eigenvalue weighted by Gasteiger charge is -2.22. The second-order valence-corrected chi connectivity index (χ2v) is 6.30. The minimum Gasteiger partial charge on any atom is -0.326 e. The van der Waals surface area contributed by atoms with E-state index in [1.165, 1.54) is 11.3 Å². The summed E-state index contributed by atoms with van der Waals surface area (Å²) in [5.74, 6) is 2.98. The molecule has 1 saturated heterocycles. The third kappa shape index (κ3) is 3.29. The molecular formula is C15H21NOS. The van der Waals surface area contributed by atoms with Gasteiger partial charge in [-0.05, 0) is 36.1 Å². The fourth-order valence-electron chi connectivity index (χ4n) is 2.30. The maximum atomic E-state index is 12.2. The van der Waals surface area contributed by atoms with Crippen molar-refractivity contribution in [2.24, 2.45) is 5.92 Å². The van der Waals surface area contributed by atoms with Crippen LogP contribution in [0.5, 0.6) is 0 Å². The van der Waals surface area contributed by atoms with Gasteiger partial charge in [-0.2, -0.15) is 11.8 Å². The number of hydrogen-bond donors (Lipinski definition) is 1. The Morgan fingerprint density at radius 3 is 2.83 bits per heavy atom. The highest BCUT2D eigenvalue weighted by atomic mass is 32.2. The minimum absolute atomic E-state index is 0.184. The molecule has 0 aliphatic carbocycles. The standard InChI is InChI=1S/C15H21NOS/c1-11(2)13-7-3-4-8-14(13)16-15(17)12-6-5-9-18-10-12/h3-4,7-8,11-12H,5-6,9-10H2,1-2H3,(H,16,17). The van der Waals surface area contributed by atoms with E-state index in [-0.39, 0.29) is 11.8 Å². The summed E-state index contributed by atoms with van der Waals surface area (Å²) in [6, 6.07) is 8.11. The molecule has 1 fully saturated rings. The highest BCUT2D eigenvalue weighted by Gasteiger charge is 2.22. The molecule has 3 heteroatoms. The molecule has 1 aliphatic rings. The van der Waals surface area contributed by atoms with Crippen molar-refractivity contribution in [3.63, 3.8) is 0 Å². The van der Waals surface area contributed by atoms with Crippen molar-refractivity contribution in [1.82, 2.24) is 0 Å². The topological polar surface area (TPSA) is 29.1 Å². The molecule has 0 bridgehead atoms. The van der Waals surface area contributed by atoms with Crippen molar-refractivity contribution in [3.8, 4) is 0 Å². The lowest BCUT2D eigenvalue weighted by atomic mass is 10.00. The first kappa shape index (κ1) is 13.5. The van der Waals surface area contributed by atoms with E-state index in [1.807, 2.05) is 30.0 Å². The summed E-state index contributed by atoms with van der Waals surface area (Å²) in [4.78, 5) is 12.2. The molecular weight excluding hydrogens is 242 g/mol. The van der Waals surface area contributed by atoms with Crippen molar-refractivity contribution in [2.45, 2.75) is 32.6 Å². The fraction of sp³-hybridized carbons (Fsp3) is 0.533. The molecule has 1 aromatic carbocycles. The Hall–Kier alpha value is -0.960. The van der Waals surface area contributed by atoms with Crippen LogP contribution in [0, 0.1) is 5.92 Å². The number of amides is 1. The zero-order valence-corrected chi connectivity index (χ0v) is 11.9. The van der Waals surface area contributed by atoms with Crippen molar-refractivity contribution < 1.29 is 4.79 Å². The fourth-order valence-corrected chi connectivity index (χ4v) is 3.44. The van der Waals surface area contributed by atoms with E-state index >= 15 is 0 Å². The molecule has 0 saturated carbocycles. The molecule has 0 spiro atoms. The molecule has 2 rings (SSSR count). The number of benzene rings is 1. The van der Waals surface area contributed by atoms with Gasteiger partial charge in [0, 0.05) is 17.4 Å². The maximum Gasteiger partial charge on any atom is 0.228 e. The van der Waals surface area contributed by atoms with Crippen molar-refractivity contribution >= 4 is 23.4 Å². The predicted molar refractivity (Wildman–Crippen MR) is 79.2 cm³/mol. The first-order valence-corrected chi connectivity index (χ1v) is 7.81. The van der Waals surface area contributed by atoms with Gasteiger partial charge in [0.2, 0.25) is 5.91 Å². The molecule has 18 heavy (non-hydrogen) atoms. The van der Waals surface area contributed by atoms with Gasteiger partial charge in [0.05, 0.1) is 0 Å². The molecule has 2 nitrogen and oxygen atoms in total. The van der Waals surface area contributed by atoms with E-state index in [1.54, 1.807) is 0 Å². The number of rotatable bonds is 3. The van der Waals surface area contributed by atoms with Crippen LogP contribution in [-0.4, -0.2) is 17.4 Å². The SMILES string of the molecule is CC(C)c1ccccc1NC(=O)C1CCCSC1. The molecule has 1 unspecified atom stereocenters. The summed E-state index contributed by atoms with van der Waals surface area (Å²) < 4.78 is 0. The van der Waals surface area contributed by atoms with Gasteiger partial charge in [-0.15, -0.1) is 0 Å². The summed E-state index contributed by atoms with van der Waals surface area (Å²) in [7, 11) is 0. The smallest absolute Gasteiger partial charge is 0.228 e. The van der Waals surface area contributed by atoms with Gasteiger partial charge in [-0.25, -0.2) is 0 Å². The van der Waals surface area contributed by atoms with Crippen LogP contribution in [0.2, 0.25) is 0 Å². The number of hydrogen-bond acceptors (Lipinski definition) is 2. The minimum atomic E-state index is 0.184. The van der Waals surface area contributed by atoms with Crippen LogP contribution in [0.25, 0.3) is 0 Å². The van der Waals surface area contributed by atoms with E-state index in [4.69, 9.17) is 0 Å². The van der Waals surface area contributed by atoms with E-state index in [2.05, 4.69) is 25.2 Å². The van der Waals surface area contributed by atoms with Crippen LogP contribution in [0.1, 0.15) is 38.2 Å². The van der Waals surface area contributed by atoms with E-state index in [0.29, 0.717) is 5.92 Å². The molecule has 0 aromatic heterocycles. The zero-order valence-electron chi connectivity index (χ0n) is 11.1. The number of nitrogens with one attached hydrogen (secondary N) is 1. The quantitative estimate of drug-likeness (QED) is 0.896. The van der Waals surface area contributed by atoms with Crippen LogP contribution < -0.4 is 5.32 Å². The van der Waals surface area contributed by atoms with Gasteiger partial charge in [-0.3, -0.25) is 4.79 Å². The average Bonchev–Trinajstić information content (AvgIpc) is 2.40. The molecule has 1 aliphatic heterocycles. The van der Waals surface area contributed by atoms with Gasteiger partial charge < -0.3 is 5.32 Å². The number of anilines is 1. The van der Waals surface area contributed by atoms with E-state index in [9.17, 15) is 4.79 Å². The normalized spacial score (nSPS) is 19.8. The van der Waals surface area contributed by atoms with E-state index < -0.39 is 0 Å². The Balaban J connectivity index is 2.06. The lowest BCUT2D eigenvalue weighted by molar-refractivity contribution is -0.119. The summed E-state index contributed by atoms with van der Waals surface area (Å²) in [5.41, 5.74) is 2.20. The monoisotopic (exact) mass is 263 g/mol. The highest BCUT2D eigenvalue weighted by Crippen LogP contribution is 2.27.